The fraction of sp³-hybridized carbons (Fsp3) is 0.700. The third kappa shape index (κ3) is 2.75. The van der Waals surface area contributed by atoms with E-state index in [1.807, 2.05) is 6.92 Å². The quantitative estimate of drug-likeness (QED) is 0.619. The monoisotopic (exact) mass is 240 g/mol. The zero-order valence-electron chi connectivity index (χ0n) is 9.56. The normalized spacial score (nSPS) is 15.1. The summed E-state index contributed by atoms with van der Waals surface area (Å²) in [5.74, 6) is 1.84. The zero-order valence-corrected chi connectivity index (χ0v) is 10.4. The predicted molar refractivity (Wildman–Crippen MR) is 62.4 cm³/mol. The molecule has 5 nitrogen and oxygen atoms in total. The van der Waals surface area contributed by atoms with Gasteiger partial charge in [-0.1, -0.05) is 11.8 Å². The van der Waals surface area contributed by atoms with Crippen LogP contribution in [0.15, 0.2) is 5.16 Å². The molecule has 88 valence electrons. The molecule has 0 aliphatic heterocycles. The van der Waals surface area contributed by atoms with E-state index >= 15 is 0 Å². The Kier molecular flexibility index (Phi) is 3.48. The maximum atomic E-state index is 10.7. The number of amides is 1. The molecule has 1 heterocycles. The maximum Gasteiger partial charge on any atom is 0.216 e. The second-order valence-electron chi connectivity index (χ2n) is 3.96. The van der Waals surface area contributed by atoms with Crippen LogP contribution in [0.2, 0.25) is 0 Å². The van der Waals surface area contributed by atoms with Crippen LogP contribution in [0.3, 0.4) is 0 Å². The molecule has 0 atom stereocenters. The summed E-state index contributed by atoms with van der Waals surface area (Å²) in [5, 5.41) is 12.0. The van der Waals surface area contributed by atoms with Crippen LogP contribution in [-0.4, -0.2) is 33.0 Å². The number of hydrogen-bond acceptors (Lipinski definition) is 4. The Labute approximate surface area is 99.0 Å². The van der Waals surface area contributed by atoms with E-state index in [2.05, 4.69) is 20.1 Å². The summed E-state index contributed by atoms with van der Waals surface area (Å²) in [6.45, 7) is 4.20. The van der Waals surface area contributed by atoms with Crippen LogP contribution in [-0.2, 0) is 4.79 Å². The van der Waals surface area contributed by atoms with E-state index in [9.17, 15) is 4.79 Å². The number of nitrogens with one attached hydrogen (secondary N) is 1. The molecule has 0 bridgehead atoms. The van der Waals surface area contributed by atoms with E-state index in [1.165, 1.54) is 19.8 Å². The highest BCUT2D eigenvalue weighted by Crippen LogP contribution is 2.38. The highest BCUT2D eigenvalue weighted by Gasteiger charge is 2.28. The first-order chi connectivity index (χ1) is 7.68. The summed E-state index contributed by atoms with van der Waals surface area (Å²) in [5.41, 5.74) is 0. The number of carbonyl (C=O) groups is 1. The minimum atomic E-state index is 0.0143. The standard InChI is InChI=1S/C10H16N4OS/c1-7-12-13-10(14(7)9-3-4-9)16-6-5-11-8(2)15/h9H,3-6H2,1-2H3,(H,11,15). The van der Waals surface area contributed by atoms with Crippen molar-refractivity contribution in [2.75, 3.05) is 12.3 Å². The van der Waals surface area contributed by atoms with Crippen LogP contribution in [0, 0.1) is 6.92 Å². The molecule has 1 aromatic heterocycles. The van der Waals surface area contributed by atoms with Crippen LogP contribution in [0.4, 0.5) is 0 Å². The largest absolute Gasteiger partial charge is 0.356 e. The fourth-order valence-electron chi connectivity index (χ4n) is 1.57. The van der Waals surface area contributed by atoms with Gasteiger partial charge in [-0.15, -0.1) is 10.2 Å². The zero-order chi connectivity index (χ0) is 11.5. The Morgan fingerprint density at radius 1 is 1.56 bits per heavy atom. The van der Waals surface area contributed by atoms with Crippen molar-refractivity contribution in [3.8, 4) is 0 Å². The highest BCUT2D eigenvalue weighted by atomic mass is 32.2. The van der Waals surface area contributed by atoms with Gasteiger partial charge in [0.1, 0.15) is 5.82 Å². The van der Waals surface area contributed by atoms with Gasteiger partial charge in [0.2, 0.25) is 5.91 Å². The Morgan fingerprint density at radius 2 is 2.31 bits per heavy atom. The smallest absolute Gasteiger partial charge is 0.216 e. The van der Waals surface area contributed by atoms with Crippen LogP contribution < -0.4 is 5.32 Å². The molecule has 0 radical (unpaired) electrons. The van der Waals surface area contributed by atoms with Gasteiger partial charge in [-0.2, -0.15) is 0 Å². The van der Waals surface area contributed by atoms with Gasteiger partial charge in [-0.3, -0.25) is 4.79 Å². The van der Waals surface area contributed by atoms with Gasteiger partial charge in [0, 0.05) is 25.3 Å². The molecule has 2 rings (SSSR count). The van der Waals surface area contributed by atoms with E-state index in [4.69, 9.17) is 0 Å². The minimum absolute atomic E-state index is 0.0143. The lowest BCUT2D eigenvalue weighted by atomic mass is 10.6. The minimum Gasteiger partial charge on any atom is -0.356 e. The Hall–Kier alpha value is -1.04. The summed E-state index contributed by atoms with van der Waals surface area (Å²) in [6, 6.07) is 0.610. The SMILES string of the molecule is CC(=O)NCCSc1nnc(C)n1C1CC1. The molecule has 6 heteroatoms. The average molecular weight is 240 g/mol. The van der Waals surface area contributed by atoms with E-state index in [0.29, 0.717) is 12.6 Å². The van der Waals surface area contributed by atoms with E-state index in [0.717, 1.165) is 16.7 Å². The second kappa shape index (κ2) is 4.86. The summed E-state index contributed by atoms with van der Waals surface area (Å²) in [4.78, 5) is 10.7. The molecule has 1 saturated carbocycles. The number of aryl methyl sites for hydroxylation is 1. The van der Waals surface area contributed by atoms with E-state index in [1.54, 1.807) is 11.8 Å². The van der Waals surface area contributed by atoms with Crippen LogP contribution >= 0.6 is 11.8 Å². The van der Waals surface area contributed by atoms with Crippen molar-refractivity contribution >= 4 is 17.7 Å². The van der Waals surface area contributed by atoms with Crippen molar-refractivity contribution in [3.63, 3.8) is 0 Å². The van der Waals surface area contributed by atoms with Crippen molar-refractivity contribution in [2.24, 2.45) is 0 Å². The second-order valence-corrected chi connectivity index (χ2v) is 5.02. The molecule has 1 N–H and O–H groups in total. The third-order valence-corrected chi connectivity index (χ3v) is 3.40. The van der Waals surface area contributed by atoms with Gasteiger partial charge in [0.25, 0.3) is 0 Å². The number of nitrogens with zero attached hydrogens (tertiary/aromatic N) is 3. The van der Waals surface area contributed by atoms with Gasteiger partial charge in [-0.05, 0) is 19.8 Å². The molecule has 0 unspecified atom stereocenters. The third-order valence-electron chi connectivity index (χ3n) is 2.45. The summed E-state index contributed by atoms with van der Waals surface area (Å²) >= 11 is 1.65. The molecule has 1 aliphatic carbocycles. The van der Waals surface area contributed by atoms with Gasteiger partial charge >= 0.3 is 0 Å². The molecule has 0 spiro atoms. The molecular weight excluding hydrogens is 224 g/mol. The lowest BCUT2D eigenvalue weighted by Gasteiger charge is -2.06. The lowest BCUT2D eigenvalue weighted by Crippen LogP contribution is -2.22. The molecule has 1 fully saturated rings. The number of hydrogen-bond donors (Lipinski definition) is 1. The predicted octanol–water partition coefficient (Wildman–Crippen LogP) is 1.15. The van der Waals surface area contributed by atoms with Gasteiger partial charge < -0.3 is 9.88 Å². The van der Waals surface area contributed by atoms with E-state index < -0.39 is 0 Å². The molecular formula is C10H16N4OS. The Balaban J connectivity index is 1.86. The molecule has 16 heavy (non-hydrogen) atoms. The van der Waals surface area contributed by atoms with Crippen molar-refractivity contribution in [3.05, 3.63) is 5.82 Å². The summed E-state index contributed by atoms with van der Waals surface area (Å²) in [6.07, 6.45) is 2.47. The lowest BCUT2D eigenvalue weighted by molar-refractivity contribution is -0.118. The van der Waals surface area contributed by atoms with Crippen LogP contribution in [0.1, 0.15) is 31.6 Å². The van der Waals surface area contributed by atoms with Crippen LogP contribution in [0.5, 0.6) is 0 Å². The summed E-state index contributed by atoms with van der Waals surface area (Å²) < 4.78 is 2.21. The van der Waals surface area contributed by atoms with Crippen molar-refractivity contribution in [2.45, 2.75) is 37.9 Å². The molecule has 1 aliphatic rings. The first-order valence-electron chi connectivity index (χ1n) is 5.47. The highest BCUT2D eigenvalue weighted by molar-refractivity contribution is 7.99. The fourth-order valence-corrected chi connectivity index (χ4v) is 2.48. The van der Waals surface area contributed by atoms with Gasteiger partial charge in [0.15, 0.2) is 5.16 Å². The first-order valence-corrected chi connectivity index (χ1v) is 6.46. The van der Waals surface area contributed by atoms with E-state index in [-0.39, 0.29) is 5.91 Å². The Bertz CT molecular complexity index is 386. The first kappa shape index (κ1) is 11.4. The van der Waals surface area contributed by atoms with Crippen molar-refractivity contribution in [1.29, 1.82) is 0 Å². The number of carbonyl (C=O) groups excluding carboxylic acids is 1. The topological polar surface area (TPSA) is 59.8 Å². The van der Waals surface area contributed by atoms with Crippen molar-refractivity contribution < 1.29 is 4.79 Å². The molecule has 1 aromatic rings. The van der Waals surface area contributed by atoms with Crippen molar-refractivity contribution in [1.82, 2.24) is 20.1 Å². The molecule has 0 saturated heterocycles. The van der Waals surface area contributed by atoms with Crippen LogP contribution in [0.25, 0.3) is 0 Å². The molecule has 0 aromatic carbocycles. The summed E-state index contributed by atoms with van der Waals surface area (Å²) in [7, 11) is 0. The van der Waals surface area contributed by atoms with Gasteiger partial charge in [-0.25, -0.2) is 0 Å². The number of aromatic nitrogens is 3. The number of rotatable bonds is 5. The molecule has 1 amide bonds. The average Bonchev–Trinajstić information content (AvgIpc) is 2.99. The van der Waals surface area contributed by atoms with Gasteiger partial charge in [0.05, 0.1) is 0 Å². The maximum absolute atomic E-state index is 10.7. The number of thioether (sulfide) groups is 1. The Morgan fingerprint density at radius 3 is 2.94 bits per heavy atom.